The van der Waals surface area contributed by atoms with E-state index in [0.29, 0.717) is 5.56 Å². The van der Waals surface area contributed by atoms with Crippen LogP contribution >= 0.6 is 0 Å². The fraction of sp³-hybridized carbons (Fsp3) is 0.350. The first kappa shape index (κ1) is 17.1. The predicted molar refractivity (Wildman–Crippen MR) is 98.5 cm³/mol. The zero-order valence-electron chi connectivity index (χ0n) is 14.5. The summed E-state index contributed by atoms with van der Waals surface area (Å²) in [7, 11) is 0. The average molecular weight is 310 g/mol. The van der Waals surface area contributed by atoms with Crippen LogP contribution in [-0.4, -0.2) is 19.0 Å². The van der Waals surface area contributed by atoms with Gasteiger partial charge < -0.3 is 10.2 Å². The van der Waals surface area contributed by atoms with Gasteiger partial charge in [-0.25, -0.2) is 0 Å². The Labute approximate surface area is 139 Å². The molecular formula is C20H26N2O. The molecule has 0 aliphatic carbocycles. The highest BCUT2D eigenvalue weighted by molar-refractivity contribution is 6.04. The molecule has 122 valence electrons. The lowest BCUT2D eigenvalue weighted by atomic mass is 10.1. The van der Waals surface area contributed by atoms with E-state index in [4.69, 9.17) is 0 Å². The van der Waals surface area contributed by atoms with Crippen molar-refractivity contribution in [1.29, 1.82) is 0 Å². The Hall–Kier alpha value is -2.29. The molecule has 2 rings (SSSR count). The highest BCUT2D eigenvalue weighted by atomic mass is 16.1. The molecule has 0 heterocycles. The highest BCUT2D eigenvalue weighted by Gasteiger charge is 2.09. The van der Waals surface area contributed by atoms with E-state index in [1.54, 1.807) is 0 Å². The molecule has 0 radical (unpaired) electrons. The van der Waals surface area contributed by atoms with E-state index >= 15 is 0 Å². The van der Waals surface area contributed by atoms with Gasteiger partial charge in [0.2, 0.25) is 0 Å². The van der Waals surface area contributed by atoms with Crippen LogP contribution in [0.2, 0.25) is 0 Å². The van der Waals surface area contributed by atoms with Crippen LogP contribution in [0.5, 0.6) is 0 Å². The molecule has 0 saturated heterocycles. The van der Waals surface area contributed by atoms with E-state index in [0.717, 1.165) is 30.8 Å². The van der Waals surface area contributed by atoms with Gasteiger partial charge in [0.25, 0.3) is 5.91 Å². The molecule has 2 aromatic rings. The number of aryl methyl sites for hydroxylation is 2. The molecule has 0 spiro atoms. The normalized spacial score (nSPS) is 10.4. The number of hydrogen-bond acceptors (Lipinski definition) is 2. The first-order valence-corrected chi connectivity index (χ1v) is 8.34. The quantitative estimate of drug-likeness (QED) is 0.842. The molecule has 23 heavy (non-hydrogen) atoms. The molecule has 0 aromatic heterocycles. The number of benzene rings is 2. The molecule has 0 bridgehead atoms. The molecule has 1 amide bonds. The van der Waals surface area contributed by atoms with E-state index in [1.165, 1.54) is 11.3 Å². The Bertz CT molecular complexity index is 658. The summed E-state index contributed by atoms with van der Waals surface area (Å²) in [5.74, 6) is -0.0636. The van der Waals surface area contributed by atoms with Crippen LogP contribution in [0, 0.1) is 6.92 Å². The van der Waals surface area contributed by atoms with Crippen molar-refractivity contribution in [2.24, 2.45) is 0 Å². The molecule has 0 unspecified atom stereocenters. The van der Waals surface area contributed by atoms with E-state index in [-0.39, 0.29) is 5.91 Å². The van der Waals surface area contributed by atoms with Crippen molar-refractivity contribution < 1.29 is 4.79 Å². The van der Waals surface area contributed by atoms with Gasteiger partial charge in [-0.3, -0.25) is 4.79 Å². The smallest absolute Gasteiger partial charge is 0.255 e. The summed E-state index contributed by atoms with van der Waals surface area (Å²) in [6.45, 7) is 10.4. The van der Waals surface area contributed by atoms with Crippen molar-refractivity contribution in [3.8, 4) is 0 Å². The highest BCUT2D eigenvalue weighted by Crippen LogP contribution is 2.23. The van der Waals surface area contributed by atoms with Gasteiger partial charge in [0, 0.05) is 30.0 Å². The third kappa shape index (κ3) is 4.13. The molecule has 3 nitrogen and oxygen atoms in total. The SMILES string of the molecule is CCc1ccc(C(=O)Nc2ccc(N(CC)CC)cc2C)cc1. The van der Waals surface area contributed by atoms with E-state index in [1.807, 2.05) is 37.3 Å². The average Bonchev–Trinajstić information content (AvgIpc) is 2.58. The summed E-state index contributed by atoms with van der Waals surface area (Å²) >= 11 is 0. The molecule has 0 aliphatic heterocycles. The van der Waals surface area contributed by atoms with E-state index in [9.17, 15) is 4.79 Å². The van der Waals surface area contributed by atoms with Crippen molar-refractivity contribution in [2.75, 3.05) is 23.3 Å². The summed E-state index contributed by atoms with van der Waals surface area (Å²) in [4.78, 5) is 14.7. The molecule has 0 atom stereocenters. The monoisotopic (exact) mass is 310 g/mol. The second-order valence-corrected chi connectivity index (χ2v) is 5.68. The number of carbonyl (C=O) groups excluding carboxylic acids is 1. The maximum Gasteiger partial charge on any atom is 0.255 e. The van der Waals surface area contributed by atoms with Crippen LogP contribution in [0.4, 0.5) is 11.4 Å². The van der Waals surface area contributed by atoms with Crippen molar-refractivity contribution in [3.63, 3.8) is 0 Å². The van der Waals surface area contributed by atoms with Crippen molar-refractivity contribution in [3.05, 3.63) is 59.2 Å². The van der Waals surface area contributed by atoms with E-state index in [2.05, 4.69) is 43.1 Å². The minimum absolute atomic E-state index is 0.0636. The van der Waals surface area contributed by atoms with Crippen molar-refractivity contribution in [2.45, 2.75) is 34.1 Å². The fourth-order valence-corrected chi connectivity index (χ4v) is 2.66. The number of rotatable bonds is 6. The molecule has 1 N–H and O–H groups in total. The first-order valence-electron chi connectivity index (χ1n) is 8.34. The lowest BCUT2D eigenvalue weighted by Gasteiger charge is -2.22. The summed E-state index contributed by atoms with van der Waals surface area (Å²) in [6.07, 6.45) is 0.980. The summed E-state index contributed by atoms with van der Waals surface area (Å²) < 4.78 is 0. The largest absolute Gasteiger partial charge is 0.372 e. The summed E-state index contributed by atoms with van der Waals surface area (Å²) in [6, 6.07) is 14.0. The van der Waals surface area contributed by atoms with E-state index < -0.39 is 0 Å². The minimum atomic E-state index is -0.0636. The zero-order valence-corrected chi connectivity index (χ0v) is 14.5. The van der Waals surface area contributed by atoms with Crippen LogP contribution in [0.15, 0.2) is 42.5 Å². The van der Waals surface area contributed by atoms with Crippen molar-refractivity contribution in [1.82, 2.24) is 0 Å². The number of amides is 1. The Balaban J connectivity index is 2.14. The third-order valence-electron chi connectivity index (χ3n) is 4.21. The second kappa shape index (κ2) is 7.82. The lowest BCUT2D eigenvalue weighted by Crippen LogP contribution is -2.22. The second-order valence-electron chi connectivity index (χ2n) is 5.68. The molecule has 0 saturated carbocycles. The molecule has 0 fully saturated rings. The van der Waals surface area contributed by atoms with Gasteiger partial charge in [0.05, 0.1) is 0 Å². The zero-order chi connectivity index (χ0) is 16.8. The third-order valence-corrected chi connectivity index (χ3v) is 4.21. The Morgan fingerprint density at radius 1 is 1.00 bits per heavy atom. The molecular weight excluding hydrogens is 284 g/mol. The van der Waals surface area contributed by atoms with Crippen LogP contribution in [-0.2, 0) is 6.42 Å². The standard InChI is InChI=1S/C20H26N2O/c1-5-16-8-10-17(11-9-16)20(23)21-19-13-12-18(14-15(19)4)22(6-2)7-3/h8-14H,5-7H2,1-4H3,(H,21,23). The first-order chi connectivity index (χ1) is 11.1. The van der Waals surface area contributed by atoms with Gasteiger partial charge in [-0.2, -0.15) is 0 Å². The van der Waals surface area contributed by atoms with Gasteiger partial charge in [-0.1, -0.05) is 19.1 Å². The number of anilines is 2. The van der Waals surface area contributed by atoms with Gasteiger partial charge in [-0.05, 0) is 68.7 Å². The lowest BCUT2D eigenvalue weighted by molar-refractivity contribution is 0.102. The molecule has 2 aromatic carbocycles. The van der Waals surface area contributed by atoms with Gasteiger partial charge in [-0.15, -0.1) is 0 Å². The topological polar surface area (TPSA) is 32.3 Å². The Morgan fingerprint density at radius 2 is 1.65 bits per heavy atom. The maximum absolute atomic E-state index is 12.4. The maximum atomic E-state index is 12.4. The Kier molecular flexibility index (Phi) is 5.80. The van der Waals surface area contributed by atoms with Gasteiger partial charge in [0.15, 0.2) is 0 Å². The van der Waals surface area contributed by atoms with Crippen LogP contribution < -0.4 is 10.2 Å². The number of carbonyl (C=O) groups is 1. The number of nitrogens with zero attached hydrogens (tertiary/aromatic N) is 1. The number of nitrogens with one attached hydrogen (secondary N) is 1. The summed E-state index contributed by atoms with van der Waals surface area (Å²) in [5, 5.41) is 3.01. The minimum Gasteiger partial charge on any atom is -0.372 e. The van der Waals surface area contributed by atoms with Crippen LogP contribution in [0.3, 0.4) is 0 Å². The van der Waals surface area contributed by atoms with Crippen LogP contribution in [0.1, 0.15) is 42.3 Å². The van der Waals surface area contributed by atoms with Gasteiger partial charge >= 0.3 is 0 Å². The number of hydrogen-bond donors (Lipinski definition) is 1. The van der Waals surface area contributed by atoms with Gasteiger partial charge in [0.1, 0.15) is 0 Å². The Morgan fingerprint density at radius 3 is 2.17 bits per heavy atom. The predicted octanol–water partition coefficient (Wildman–Crippen LogP) is 4.66. The molecule has 0 aliphatic rings. The fourth-order valence-electron chi connectivity index (χ4n) is 2.66. The molecule has 3 heteroatoms. The van der Waals surface area contributed by atoms with Crippen LogP contribution in [0.25, 0.3) is 0 Å². The van der Waals surface area contributed by atoms with Crippen molar-refractivity contribution >= 4 is 17.3 Å². The summed E-state index contributed by atoms with van der Waals surface area (Å²) in [5.41, 5.74) is 5.06.